The SMILES string of the molecule is CCCCC/C=C\C/C=C\C/C=C\CCCCCCCCC(=O)OC(COC(=O)CCCCCCCCCCC/C=C\C/C=C\CCCCC)COC(=O)CCCCCCCCCCCCC/C=C\C/C=C\CCCCCCC. The second kappa shape index (κ2) is 67.1. The van der Waals surface area contributed by atoms with Gasteiger partial charge in [-0.1, -0.05) is 286 Å². The fourth-order valence-electron chi connectivity index (χ4n) is 9.69. The Labute approximate surface area is 490 Å². The number of hydrogen-bond acceptors (Lipinski definition) is 6. The Hall–Kier alpha value is -3.41. The van der Waals surface area contributed by atoms with E-state index < -0.39 is 6.10 Å². The first kappa shape index (κ1) is 75.6. The van der Waals surface area contributed by atoms with Gasteiger partial charge in [0.1, 0.15) is 13.2 Å². The average molecular weight is 1100 g/mol. The highest BCUT2D eigenvalue weighted by molar-refractivity contribution is 5.71. The van der Waals surface area contributed by atoms with E-state index in [4.69, 9.17) is 14.2 Å². The van der Waals surface area contributed by atoms with Gasteiger partial charge in [-0.3, -0.25) is 14.4 Å². The lowest BCUT2D eigenvalue weighted by molar-refractivity contribution is -0.167. The number of esters is 3. The highest BCUT2D eigenvalue weighted by Crippen LogP contribution is 2.16. The standard InChI is InChI=1S/C73H128O6/c1-4-7-10-13-16-19-22-25-28-31-34-35-36-37-40-42-45-48-51-54-57-60-63-66-72(75)78-69-70(79-73(76)67-64-61-58-55-52-49-46-43-39-33-30-27-24-21-18-15-12-9-6-3)68-77-71(74)65-62-59-56-53-50-47-44-41-38-32-29-26-23-20-17-14-11-8-5-2/h17-18,20-22,25-27,29-31,34,39,43,70H,4-16,19,23-24,28,32-33,35-38,40-42,44-69H2,1-3H3/b20-17-,21-18-,25-22-,29-26-,30-27-,34-31-,43-39-. The lowest BCUT2D eigenvalue weighted by atomic mass is 10.0. The molecule has 0 radical (unpaired) electrons. The van der Waals surface area contributed by atoms with Crippen molar-refractivity contribution in [3.05, 3.63) is 85.1 Å². The van der Waals surface area contributed by atoms with Crippen LogP contribution in [0.5, 0.6) is 0 Å². The molecule has 0 fully saturated rings. The van der Waals surface area contributed by atoms with E-state index in [2.05, 4.69) is 106 Å². The third-order valence-electron chi connectivity index (χ3n) is 14.8. The van der Waals surface area contributed by atoms with Crippen molar-refractivity contribution in [3.8, 4) is 0 Å². The maximum Gasteiger partial charge on any atom is 0.306 e. The molecule has 0 bridgehead atoms. The summed E-state index contributed by atoms with van der Waals surface area (Å²) in [5.74, 6) is -0.886. The van der Waals surface area contributed by atoms with Crippen LogP contribution in [0.15, 0.2) is 85.1 Å². The quantitative estimate of drug-likeness (QED) is 0.0261. The first-order chi connectivity index (χ1) is 39.0. The molecule has 0 aromatic heterocycles. The van der Waals surface area contributed by atoms with E-state index in [9.17, 15) is 14.4 Å². The van der Waals surface area contributed by atoms with Crippen LogP contribution < -0.4 is 0 Å². The zero-order valence-electron chi connectivity index (χ0n) is 52.4. The molecule has 0 saturated carbocycles. The van der Waals surface area contributed by atoms with E-state index in [0.717, 1.165) is 96.3 Å². The molecule has 0 saturated heterocycles. The maximum atomic E-state index is 12.9. The van der Waals surface area contributed by atoms with E-state index in [-0.39, 0.29) is 31.1 Å². The summed E-state index contributed by atoms with van der Waals surface area (Å²) in [6, 6.07) is 0. The van der Waals surface area contributed by atoms with Gasteiger partial charge in [0.2, 0.25) is 0 Å². The van der Waals surface area contributed by atoms with Crippen LogP contribution >= 0.6 is 0 Å². The van der Waals surface area contributed by atoms with Gasteiger partial charge in [-0.05, 0) is 122 Å². The van der Waals surface area contributed by atoms with Crippen LogP contribution in [-0.2, 0) is 28.6 Å². The Morgan fingerprint density at radius 3 is 0.734 bits per heavy atom. The summed E-state index contributed by atoms with van der Waals surface area (Å²) in [5, 5.41) is 0. The Balaban J connectivity index is 4.39. The van der Waals surface area contributed by atoms with Gasteiger partial charge in [0.25, 0.3) is 0 Å². The Kier molecular flexibility index (Phi) is 64.2. The van der Waals surface area contributed by atoms with Crippen LogP contribution in [0, 0.1) is 0 Å². The predicted molar refractivity (Wildman–Crippen MR) is 344 cm³/mol. The number of carbonyl (C=O) groups excluding carboxylic acids is 3. The molecule has 6 nitrogen and oxygen atoms in total. The van der Waals surface area contributed by atoms with E-state index >= 15 is 0 Å². The summed E-state index contributed by atoms with van der Waals surface area (Å²) in [6.07, 6.45) is 88.7. The smallest absolute Gasteiger partial charge is 0.306 e. The molecular weight excluding hydrogens is 973 g/mol. The molecule has 0 aliphatic carbocycles. The van der Waals surface area contributed by atoms with E-state index in [1.165, 1.54) is 205 Å². The van der Waals surface area contributed by atoms with Crippen LogP contribution in [0.4, 0.5) is 0 Å². The molecule has 1 unspecified atom stereocenters. The lowest BCUT2D eigenvalue weighted by Crippen LogP contribution is -2.30. The van der Waals surface area contributed by atoms with Gasteiger partial charge in [0, 0.05) is 19.3 Å². The zero-order valence-corrected chi connectivity index (χ0v) is 52.4. The fraction of sp³-hybridized carbons (Fsp3) is 0.767. The molecule has 0 rings (SSSR count). The number of unbranched alkanes of at least 4 members (excludes halogenated alkanes) is 37. The summed E-state index contributed by atoms with van der Waals surface area (Å²) in [7, 11) is 0. The van der Waals surface area contributed by atoms with Crippen molar-refractivity contribution in [2.45, 2.75) is 348 Å². The van der Waals surface area contributed by atoms with E-state index in [1.807, 2.05) is 0 Å². The molecule has 0 aromatic carbocycles. The van der Waals surface area contributed by atoms with Crippen molar-refractivity contribution >= 4 is 17.9 Å². The highest BCUT2D eigenvalue weighted by atomic mass is 16.6. The highest BCUT2D eigenvalue weighted by Gasteiger charge is 2.19. The molecule has 0 aliphatic heterocycles. The number of rotatable bonds is 62. The van der Waals surface area contributed by atoms with Crippen LogP contribution in [0.2, 0.25) is 0 Å². The normalized spacial score (nSPS) is 12.6. The maximum absolute atomic E-state index is 12.9. The third kappa shape index (κ3) is 65.3. The minimum atomic E-state index is -0.789. The molecule has 6 heteroatoms. The molecule has 0 N–H and O–H groups in total. The number of carbonyl (C=O) groups is 3. The number of allylic oxidation sites excluding steroid dienone is 14. The van der Waals surface area contributed by atoms with Crippen molar-refractivity contribution < 1.29 is 28.6 Å². The summed E-state index contributed by atoms with van der Waals surface area (Å²) >= 11 is 0. The van der Waals surface area contributed by atoms with Gasteiger partial charge in [0.15, 0.2) is 6.10 Å². The van der Waals surface area contributed by atoms with Crippen LogP contribution in [0.1, 0.15) is 342 Å². The monoisotopic (exact) mass is 1100 g/mol. The Bertz CT molecular complexity index is 1500. The molecule has 0 heterocycles. The number of hydrogen-bond donors (Lipinski definition) is 0. The van der Waals surface area contributed by atoms with Crippen LogP contribution in [0.3, 0.4) is 0 Å². The third-order valence-corrected chi connectivity index (χ3v) is 14.8. The van der Waals surface area contributed by atoms with Gasteiger partial charge in [-0.2, -0.15) is 0 Å². The van der Waals surface area contributed by atoms with Gasteiger partial charge >= 0.3 is 17.9 Å². The molecule has 0 spiro atoms. The minimum absolute atomic E-state index is 0.0830. The van der Waals surface area contributed by atoms with Gasteiger partial charge < -0.3 is 14.2 Å². The summed E-state index contributed by atoms with van der Waals surface area (Å²) in [5.41, 5.74) is 0. The second-order valence-electron chi connectivity index (χ2n) is 22.7. The van der Waals surface area contributed by atoms with Crippen molar-refractivity contribution in [2.75, 3.05) is 13.2 Å². The molecule has 456 valence electrons. The minimum Gasteiger partial charge on any atom is -0.462 e. The zero-order chi connectivity index (χ0) is 57.1. The first-order valence-electron chi connectivity index (χ1n) is 34.1. The Morgan fingerprint density at radius 1 is 0.253 bits per heavy atom. The van der Waals surface area contributed by atoms with E-state index in [1.54, 1.807) is 0 Å². The van der Waals surface area contributed by atoms with Crippen LogP contribution in [-0.4, -0.2) is 37.2 Å². The molecule has 0 aromatic rings. The molecule has 0 amide bonds. The van der Waals surface area contributed by atoms with E-state index in [0.29, 0.717) is 19.3 Å². The van der Waals surface area contributed by atoms with Gasteiger partial charge in [0.05, 0.1) is 0 Å². The fourth-order valence-corrected chi connectivity index (χ4v) is 9.69. The topological polar surface area (TPSA) is 78.9 Å². The van der Waals surface area contributed by atoms with Crippen molar-refractivity contribution in [1.82, 2.24) is 0 Å². The van der Waals surface area contributed by atoms with Crippen molar-refractivity contribution in [3.63, 3.8) is 0 Å². The van der Waals surface area contributed by atoms with Crippen molar-refractivity contribution in [1.29, 1.82) is 0 Å². The number of ether oxygens (including phenoxy) is 3. The summed E-state index contributed by atoms with van der Waals surface area (Å²) in [6.45, 7) is 6.60. The molecular formula is C73H128O6. The van der Waals surface area contributed by atoms with Gasteiger partial charge in [-0.25, -0.2) is 0 Å². The van der Waals surface area contributed by atoms with Crippen LogP contribution in [0.25, 0.3) is 0 Å². The van der Waals surface area contributed by atoms with Crippen molar-refractivity contribution in [2.24, 2.45) is 0 Å². The summed E-state index contributed by atoms with van der Waals surface area (Å²) in [4.78, 5) is 38.4. The first-order valence-corrected chi connectivity index (χ1v) is 34.1. The summed E-state index contributed by atoms with van der Waals surface area (Å²) < 4.78 is 17.0. The molecule has 1 atom stereocenters. The molecule has 0 aliphatic rings. The Morgan fingerprint density at radius 2 is 0.456 bits per heavy atom. The second-order valence-corrected chi connectivity index (χ2v) is 22.7. The average Bonchev–Trinajstić information content (AvgIpc) is 3.45. The predicted octanol–water partition coefficient (Wildman–Crippen LogP) is 23.4. The largest absolute Gasteiger partial charge is 0.462 e. The van der Waals surface area contributed by atoms with Gasteiger partial charge in [-0.15, -0.1) is 0 Å². The lowest BCUT2D eigenvalue weighted by Gasteiger charge is -2.18. The molecule has 79 heavy (non-hydrogen) atoms.